The molecule has 0 aromatic carbocycles. The maximum absolute atomic E-state index is 11.9. The van der Waals surface area contributed by atoms with E-state index in [1.54, 1.807) is 0 Å². The molecule has 0 fully saturated rings. The van der Waals surface area contributed by atoms with Crippen molar-refractivity contribution < 1.29 is 19.5 Å². The lowest BCUT2D eigenvalue weighted by Crippen LogP contribution is -2.44. The molecule has 0 aliphatic rings. The molecule has 0 saturated heterocycles. The molecule has 0 spiro atoms. The van der Waals surface area contributed by atoms with Crippen molar-refractivity contribution in [2.75, 3.05) is 27.2 Å². The largest absolute Gasteiger partial charge is 0.481 e. The molecule has 0 heterocycles. The summed E-state index contributed by atoms with van der Waals surface area (Å²) in [5.74, 6) is -1.14. The zero-order chi connectivity index (χ0) is 15.5. The van der Waals surface area contributed by atoms with E-state index < -0.39 is 5.97 Å². The van der Waals surface area contributed by atoms with Crippen LogP contribution in [0.1, 0.15) is 32.6 Å². The van der Waals surface area contributed by atoms with Crippen LogP contribution in [0.4, 0.5) is 0 Å². The third-order valence-corrected chi connectivity index (χ3v) is 2.84. The van der Waals surface area contributed by atoms with Crippen molar-refractivity contribution in [3.63, 3.8) is 0 Å². The number of carbonyl (C=O) groups is 3. The Labute approximate surface area is 119 Å². The first-order valence-electron chi connectivity index (χ1n) is 6.75. The Morgan fingerprint density at radius 3 is 2.25 bits per heavy atom. The Morgan fingerprint density at radius 1 is 1.10 bits per heavy atom. The van der Waals surface area contributed by atoms with E-state index >= 15 is 0 Å². The Bertz CT molecular complexity index is 332. The number of hydrogen-bond acceptors (Lipinski definition) is 4. The lowest BCUT2D eigenvalue weighted by Gasteiger charge is -2.23. The number of carbonyl (C=O) groups excluding carboxylic acids is 2. The molecule has 0 aliphatic heterocycles. The van der Waals surface area contributed by atoms with Gasteiger partial charge in [0, 0.05) is 20.0 Å². The zero-order valence-corrected chi connectivity index (χ0v) is 12.4. The first-order chi connectivity index (χ1) is 9.34. The van der Waals surface area contributed by atoms with E-state index in [2.05, 4.69) is 10.6 Å². The lowest BCUT2D eigenvalue weighted by molar-refractivity contribution is -0.137. The summed E-state index contributed by atoms with van der Waals surface area (Å²) in [6.07, 6.45) is 2.22. The maximum Gasteiger partial charge on any atom is 0.305 e. The molecule has 7 heteroatoms. The van der Waals surface area contributed by atoms with Gasteiger partial charge in [0.2, 0.25) is 11.8 Å². The van der Waals surface area contributed by atoms with Gasteiger partial charge in [0.25, 0.3) is 0 Å². The van der Waals surface area contributed by atoms with Crippen LogP contribution in [0, 0.1) is 0 Å². The number of unbranched alkanes of at least 4 members (excludes halogenated alkanes) is 1. The first-order valence-corrected chi connectivity index (χ1v) is 6.75. The number of likely N-dealkylation sites (N-methyl/N-ethyl adjacent to an activating group) is 1. The number of hydrogen-bond donors (Lipinski definition) is 3. The number of carboxylic acid groups (broad SMARTS) is 1. The molecule has 0 rings (SSSR count). The predicted octanol–water partition coefficient (Wildman–Crippen LogP) is -0.186. The first kappa shape index (κ1) is 18.4. The van der Waals surface area contributed by atoms with Gasteiger partial charge in [0.15, 0.2) is 0 Å². The maximum atomic E-state index is 11.9. The van der Waals surface area contributed by atoms with E-state index in [1.165, 1.54) is 6.92 Å². The van der Waals surface area contributed by atoms with Gasteiger partial charge in [0.05, 0.1) is 12.5 Å². The molecule has 0 aromatic rings. The summed E-state index contributed by atoms with van der Waals surface area (Å²) in [6.45, 7) is 2.22. The molecule has 0 bridgehead atoms. The van der Waals surface area contributed by atoms with E-state index in [4.69, 9.17) is 5.11 Å². The van der Waals surface area contributed by atoms with Crippen molar-refractivity contribution in [3.05, 3.63) is 0 Å². The molecule has 0 saturated carbocycles. The second-order valence-electron chi connectivity index (χ2n) is 4.89. The normalized spacial score (nSPS) is 12.0. The number of nitrogens with zero attached hydrogens (tertiary/aromatic N) is 1. The second-order valence-corrected chi connectivity index (χ2v) is 4.89. The van der Waals surface area contributed by atoms with Crippen LogP contribution in [0.25, 0.3) is 0 Å². The van der Waals surface area contributed by atoms with E-state index in [1.807, 2.05) is 19.0 Å². The molecule has 0 radical (unpaired) electrons. The molecule has 1 unspecified atom stereocenters. The summed E-state index contributed by atoms with van der Waals surface area (Å²) in [7, 11) is 3.63. The van der Waals surface area contributed by atoms with Gasteiger partial charge in [-0.15, -0.1) is 0 Å². The molecule has 3 N–H and O–H groups in total. The zero-order valence-electron chi connectivity index (χ0n) is 12.4. The van der Waals surface area contributed by atoms with Crippen LogP contribution >= 0.6 is 0 Å². The highest BCUT2D eigenvalue weighted by atomic mass is 16.4. The van der Waals surface area contributed by atoms with Crippen molar-refractivity contribution in [3.8, 4) is 0 Å². The fraction of sp³-hybridized carbons (Fsp3) is 0.769. The van der Waals surface area contributed by atoms with Crippen molar-refractivity contribution >= 4 is 17.8 Å². The molecule has 1 atom stereocenters. The lowest BCUT2D eigenvalue weighted by atomic mass is 10.2. The van der Waals surface area contributed by atoms with Gasteiger partial charge < -0.3 is 15.7 Å². The van der Waals surface area contributed by atoms with Crippen LogP contribution in [0.3, 0.4) is 0 Å². The molecule has 7 nitrogen and oxygen atoms in total. The van der Waals surface area contributed by atoms with Gasteiger partial charge in [-0.1, -0.05) is 0 Å². The Morgan fingerprint density at radius 2 is 1.75 bits per heavy atom. The minimum Gasteiger partial charge on any atom is -0.481 e. The van der Waals surface area contributed by atoms with Gasteiger partial charge in [-0.05, 0) is 33.4 Å². The quantitative estimate of drug-likeness (QED) is 0.383. The Hall–Kier alpha value is -1.63. The monoisotopic (exact) mass is 292 g/mol. The fourth-order valence-corrected chi connectivity index (χ4v) is 1.76. The highest BCUT2D eigenvalue weighted by molar-refractivity contribution is 5.82. The van der Waals surface area contributed by atoms with Crippen molar-refractivity contribution in [2.24, 2.45) is 0 Å². The predicted molar refractivity (Wildman–Crippen MR) is 75.3 cm³/mol. The van der Waals surface area contributed by atoms with Gasteiger partial charge in [-0.3, -0.25) is 19.3 Å². The summed E-state index contributed by atoms with van der Waals surface area (Å²) in [4.78, 5) is 34.8. The second kappa shape index (κ2) is 10.2. The Balaban J connectivity index is 3.99. The van der Waals surface area contributed by atoms with Crippen LogP contribution in [0.15, 0.2) is 0 Å². The van der Waals surface area contributed by atoms with Crippen molar-refractivity contribution in [2.45, 2.75) is 38.6 Å². The fourth-order valence-electron chi connectivity index (χ4n) is 1.76. The standard InChI is InChI=1S/C13H25N3O4/c1-10(17)14-8-5-4-6-11(16(2)3)13(20)15-9-7-12(18)19/h11H,4-9H2,1-3H3,(H,14,17)(H,15,20)(H,18,19)/i2+1,4+1,5+1,8+1,10+1. The van der Waals surface area contributed by atoms with Crippen LogP contribution in [-0.2, 0) is 14.4 Å². The van der Waals surface area contributed by atoms with Crippen LogP contribution in [0.5, 0.6) is 0 Å². The smallest absolute Gasteiger partial charge is 0.305 e. The molecular weight excluding hydrogens is 267 g/mol. The number of carboxylic acids is 1. The molecule has 20 heavy (non-hydrogen) atoms. The third-order valence-electron chi connectivity index (χ3n) is 2.84. The minimum atomic E-state index is -0.929. The highest BCUT2D eigenvalue weighted by Gasteiger charge is 2.19. The third kappa shape index (κ3) is 9.32. The number of aliphatic carboxylic acids is 1. The average molecular weight is 292 g/mol. The van der Waals surface area contributed by atoms with Crippen molar-refractivity contribution in [1.82, 2.24) is 15.5 Å². The summed E-state index contributed by atoms with van der Waals surface area (Å²) in [6, 6.07) is -0.277. The molecule has 116 valence electrons. The Kier molecular flexibility index (Phi) is 9.36. The SMILES string of the molecule is C[13C](=O)N[13CH2][13CH2][13CH2]CC(C(=O)NCCC(=O)O)N(C)[13CH3]. The highest BCUT2D eigenvalue weighted by Crippen LogP contribution is 2.06. The number of nitrogens with one attached hydrogen (secondary N) is 2. The number of amides is 2. The van der Waals surface area contributed by atoms with Crippen molar-refractivity contribution in [1.29, 1.82) is 0 Å². The van der Waals surface area contributed by atoms with Crippen LogP contribution < -0.4 is 10.6 Å². The minimum absolute atomic E-state index is 0.0550. The van der Waals surface area contributed by atoms with Crippen LogP contribution in [0.2, 0.25) is 0 Å². The topological polar surface area (TPSA) is 98.7 Å². The molecule has 2 amide bonds. The van der Waals surface area contributed by atoms with E-state index in [0.29, 0.717) is 13.0 Å². The molecular formula is C13H25N3O4. The summed E-state index contributed by atoms with van der Waals surface area (Å²) in [5.41, 5.74) is 0. The van der Waals surface area contributed by atoms with Crippen LogP contribution in [-0.4, -0.2) is 61.0 Å². The van der Waals surface area contributed by atoms with E-state index in [9.17, 15) is 14.4 Å². The average Bonchev–Trinajstić information content (AvgIpc) is 2.32. The summed E-state index contributed by atoms with van der Waals surface area (Å²) < 4.78 is 0. The summed E-state index contributed by atoms with van der Waals surface area (Å²) in [5, 5.41) is 13.9. The van der Waals surface area contributed by atoms with Gasteiger partial charge in [0.1, 0.15) is 0 Å². The van der Waals surface area contributed by atoms with Gasteiger partial charge in [-0.25, -0.2) is 0 Å². The van der Waals surface area contributed by atoms with Gasteiger partial charge in [-0.2, -0.15) is 0 Å². The molecule has 0 aromatic heterocycles. The number of rotatable bonds is 10. The van der Waals surface area contributed by atoms with Gasteiger partial charge >= 0.3 is 5.97 Å². The van der Waals surface area contributed by atoms with E-state index in [-0.39, 0.29) is 30.8 Å². The summed E-state index contributed by atoms with van der Waals surface area (Å²) >= 11 is 0. The van der Waals surface area contributed by atoms with E-state index in [0.717, 1.165) is 12.8 Å². The molecule has 0 aliphatic carbocycles.